The van der Waals surface area contributed by atoms with Crippen molar-refractivity contribution in [2.24, 2.45) is 5.92 Å². The monoisotopic (exact) mass is 474 g/mol. The zero-order chi connectivity index (χ0) is 22.3. The quantitative estimate of drug-likeness (QED) is 0.485. The first-order chi connectivity index (χ1) is 15.6. The number of nitrogens with zero attached hydrogens (tertiary/aromatic N) is 3. The van der Waals surface area contributed by atoms with Crippen LogP contribution in [0.4, 0.5) is 0 Å². The molecule has 0 unspecified atom stereocenters. The fourth-order valence-electron chi connectivity index (χ4n) is 3.66. The van der Waals surface area contributed by atoms with Crippen LogP contribution < -0.4 is 10.1 Å². The summed E-state index contributed by atoms with van der Waals surface area (Å²) in [6.45, 7) is 2.95. The van der Waals surface area contributed by atoms with Crippen LogP contribution in [0, 0.1) is 5.92 Å². The highest BCUT2D eigenvalue weighted by Gasteiger charge is 2.26. The van der Waals surface area contributed by atoms with E-state index < -0.39 is 0 Å². The molecule has 3 aromatic rings. The van der Waals surface area contributed by atoms with Crippen LogP contribution >= 0.6 is 23.2 Å². The Labute approximate surface area is 196 Å². The van der Waals surface area contributed by atoms with Crippen molar-refractivity contribution in [3.63, 3.8) is 0 Å². The fraction of sp³-hybridized carbons (Fsp3) is 0.348. The predicted molar refractivity (Wildman–Crippen MR) is 123 cm³/mol. The number of hydrogen-bond acceptors (Lipinski definition) is 6. The summed E-state index contributed by atoms with van der Waals surface area (Å²) in [5.74, 6) is 1.70. The number of halogens is 2. The molecule has 0 saturated carbocycles. The van der Waals surface area contributed by atoms with E-state index in [1.54, 1.807) is 18.2 Å². The summed E-state index contributed by atoms with van der Waals surface area (Å²) in [6, 6.07) is 14.7. The number of piperidine rings is 1. The van der Waals surface area contributed by atoms with Gasteiger partial charge in [-0.05, 0) is 50.2 Å². The van der Waals surface area contributed by atoms with E-state index in [1.807, 2.05) is 30.3 Å². The Morgan fingerprint density at radius 2 is 1.81 bits per heavy atom. The molecular weight excluding hydrogens is 451 g/mol. The molecule has 1 aliphatic heterocycles. The average molecular weight is 475 g/mol. The molecule has 1 amide bonds. The van der Waals surface area contributed by atoms with Gasteiger partial charge in [-0.1, -0.05) is 52.6 Å². The largest absolute Gasteiger partial charge is 0.490 e. The normalized spacial score (nSPS) is 14.9. The zero-order valence-corrected chi connectivity index (χ0v) is 19.0. The maximum atomic E-state index is 12.5. The molecule has 4 rings (SSSR count). The van der Waals surface area contributed by atoms with Gasteiger partial charge in [0, 0.05) is 11.5 Å². The van der Waals surface area contributed by atoms with Crippen LogP contribution in [-0.4, -0.2) is 47.2 Å². The molecule has 0 bridgehead atoms. The van der Waals surface area contributed by atoms with Gasteiger partial charge in [0.1, 0.15) is 12.4 Å². The van der Waals surface area contributed by atoms with E-state index in [4.69, 9.17) is 32.5 Å². The molecule has 168 valence electrons. The van der Waals surface area contributed by atoms with Gasteiger partial charge in [-0.25, -0.2) is 0 Å². The molecule has 0 aliphatic carbocycles. The molecule has 2 heterocycles. The van der Waals surface area contributed by atoms with Crippen molar-refractivity contribution < 1.29 is 14.1 Å². The number of likely N-dealkylation sites (tertiary alicyclic amines) is 1. The lowest BCUT2D eigenvalue weighted by Crippen LogP contribution is -2.41. The molecule has 32 heavy (non-hydrogen) atoms. The highest BCUT2D eigenvalue weighted by molar-refractivity contribution is 6.33. The molecule has 0 radical (unpaired) electrons. The minimum Gasteiger partial charge on any atom is -0.490 e. The number of hydrogen-bond donors (Lipinski definition) is 1. The molecule has 2 aromatic carbocycles. The van der Waals surface area contributed by atoms with Crippen LogP contribution in [0.2, 0.25) is 10.0 Å². The van der Waals surface area contributed by atoms with E-state index in [1.165, 1.54) is 0 Å². The summed E-state index contributed by atoms with van der Waals surface area (Å²) in [5, 5.41) is 8.15. The lowest BCUT2D eigenvalue weighted by Gasteiger charge is -2.30. The van der Waals surface area contributed by atoms with Crippen LogP contribution in [0.25, 0.3) is 11.4 Å². The highest BCUT2D eigenvalue weighted by Crippen LogP contribution is 2.26. The van der Waals surface area contributed by atoms with Gasteiger partial charge in [0.05, 0.1) is 23.1 Å². The molecule has 1 N–H and O–H groups in total. The third-order valence-electron chi connectivity index (χ3n) is 5.40. The molecule has 1 saturated heterocycles. The topological polar surface area (TPSA) is 80.5 Å². The standard InChI is InChI=1S/C23H24Cl2N4O3/c24-18-6-2-1-5-17(18)22-27-21(32-28-22)15-29-12-9-16(10-13-29)23(30)26-11-14-31-20-8-4-3-7-19(20)25/h1-8,16H,9-15H2,(H,26,30). The van der Waals surface area contributed by atoms with Crippen molar-refractivity contribution in [2.75, 3.05) is 26.2 Å². The molecule has 7 nitrogen and oxygen atoms in total. The number of para-hydroxylation sites is 1. The van der Waals surface area contributed by atoms with Gasteiger partial charge >= 0.3 is 0 Å². The van der Waals surface area contributed by atoms with E-state index in [0.717, 1.165) is 31.5 Å². The van der Waals surface area contributed by atoms with Crippen LogP contribution in [0.15, 0.2) is 53.1 Å². The van der Waals surface area contributed by atoms with E-state index in [9.17, 15) is 4.79 Å². The average Bonchev–Trinajstić information content (AvgIpc) is 3.26. The van der Waals surface area contributed by atoms with E-state index in [2.05, 4.69) is 20.4 Å². The van der Waals surface area contributed by atoms with Gasteiger partial charge < -0.3 is 14.6 Å². The van der Waals surface area contributed by atoms with Crippen molar-refractivity contribution >= 4 is 29.1 Å². The SMILES string of the molecule is O=C(NCCOc1ccccc1Cl)C1CCN(Cc2nc(-c3ccccc3Cl)no2)CC1. The number of nitrogens with one attached hydrogen (secondary N) is 1. The number of ether oxygens (including phenoxy) is 1. The number of benzene rings is 2. The molecule has 0 atom stereocenters. The van der Waals surface area contributed by atoms with Gasteiger partial charge in [-0.15, -0.1) is 0 Å². The number of carbonyl (C=O) groups is 1. The lowest BCUT2D eigenvalue weighted by atomic mass is 9.96. The van der Waals surface area contributed by atoms with Gasteiger partial charge in [0.15, 0.2) is 0 Å². The Bertz CT molecular complexity index is 1050. The first kappa shape index (κ1) is 22.6. The molecule has 1 fully saturated rings. The van der Waals surface area contributed by atoms with Crippen molar-refractivity contribution in [1.82, 2.24) is 20.4 Å². The van der Waals surface area contributed by atoms with Crippen molar-refractivity contribution in [2.45, 2.75) is 19.4 Å². The second-order valence-corrected chi connectivity index (χ2v) is 8.43. The number of amides is 1. The fourth-order valence-corrected chi connectivity index (χ4v) is 4.07. The first-order valence-corrected chi connectivity index (χ1v) is 11.3. The van der Waals surface area contributed by atoms with Crippen molar-refractivity contribution in [3.05, 3.63) is 64.5 Å². The smallest absolute Gasteiger partial charge is 0.241 e. The summed E-state index contributed by atoms with van der Waals surface area (Å²) in [5.41, 5.74) is 0.748. The minimum absolute atomic E-state index is 0.00654. The Balaban J connectivity index is 1.19. The predicted octanol–water partition coefficient (Wildman–Crippen LogP) is 4.45. The maximum absolute atomic E-state index is 12.5. The second-order valence-electron chi connectivity index (χ2n) is 7.61. The number of rotatable bonds is 8. The van der Waals surface area contributed by atoms with Crippen LogP contribution in [0.3, 0.4) is 0 Å². The Morgan fingerprint density at radius 1 is 1.09 bits per heavy atom. The van der Waals surface area contributed by atoms with Gasteiger partial charge in [-0.3, -0.25) is 9.69 Å². The van der Waals surface area contributed by atoms with Crippen LogP contribution in [-0.2, 0) is 11.3 Å². The van der Waals surface area contributed by atoms with Gasteiger partial charge in [0.25, 0.3) is 0 Å². The minimum atomic E-state index is -0.00654. The zero-order valence-electron chi connectivity index (χ0n) is 17.5. The third-order valence-corrected chi connectivity index (χ3v) is 6.04. The summed E-state index contributed by atoms with van der Waals surface area (Å²) in [4.78, 5) is 19.1. The maximum Gasteiger partial charge on any atom is 0.241 e. The van der Waals surface area contributed by atoms with Crippen LogP contribution in [0.5, 0.6) is 5.75 Å². The van der Waals surface area contributed by atoms with E-state index in [0.29, 0.717) is 47.2 Å². The van der Waals surface area contributed by atoms with E-state index >= 15 is 0 Å². The van der Waals surface area contributed by atoms with Crippen LogP contribution in [0.1, 0.15) is 18.7 Å². The lowest BCUT2D eigenvalue weighted by molar-refractivity contribution is -0.126. The van der Waals surface area contributed by atoms with Crippen molar-refractivity contribution in [3.8, 4) is 17.1 Å². The summed E-state index contributed by atoms with van der Waals surface area (Å²) in [7, 11) is 0. The first-order valence-electron chi connectivity index (χ1n) is 10.5. The molecular formula is C23H24Cl2N4O3. The highest BCUT2D eigenvalue weighted by atomic mass is 35.5. The second kappa shape index (κ2) is 10.8. The Morgan fingerprint density at radius 3 is 2.56 bits per heavy atom. The van der Waals surface area contributed by atoms with Gasteiger partial charge in [-0.2, -0.15) is 4.98 Å². The van der Waals surface area contributed by atoms with Gasteiger partial charge in [0.2, 0.25) is 17.6 Å². The molecule has 1 aliphatic rings. The number of aromatic nitrogens is 2. The third kappa shape index (κ3) is 5.79. The summed E-state index contributed by atoms with van der Waals surface area (Å²) >= 11 is 12.3. The number of carbonyl (C=O) groups excluding carboxylic acids is 1. The van der Waals surface area contributed by atoms with E-state index in [-0.39, 0.29) is 11.8 Å². The Kier molecular flexibility index (Phi) is 7.63. The molecule has 1 aromatic heterocycles. The summed E-state index contributed by atoms with van der Waals surface area (Å²) < 4.78 is 11.0. The Hall–Kier alpha value is -2.61. The summed E-state index contributed by atoms with van der Waals surface area (Å²) in [6.07, 6.45) is 1.56. The van der Waals surface area contributed by atoms with Crippen molar-refractivity contribution in [1.29, 1.82) is 0 Å². The molecule has 0 spiro atoms. The molecule has 9 heteroatoms.